The van der Waals surface area contributed by atoms with Gasteiger partial charge in [-0.25, -0.2) is 0 Å². The average molecular weight is 229 g/mol. The molecule has 1 N–H and O–H groups in total. The van der Waals surface area contributed by atoms with Crippen molar-refractivity contribution in [2.75, 3.05) is 6.54 Å². The molecule has 0 radical (unpaired) electrons. The van der Waals surface area contributed by atoms with Gasteiger partial charge in [0.1, 0.15) is 0 Å². The Morgan fingerprint density at radius 2 is 2.06 bits per heavy atom. The largest absolute Gasteiger partial charge is 0.313 e. The molecule has 1 heteroatoms. The van der Waals surface area contributed by atoms with E-state index in [9.17, 15) is 0 Å². The predicted octanol–water partition coefficient (Wildman–Crippen LogP) is 3.63. The third-order valence-corrected chi connectivity index (χ3v) is 4.39. The monoisotopic (exact) mass is 229 g/mol. The number of nitrogens with one attached hydrogen (secondary N) is 1. The first-order chi connectivity index (χ1) is 8.33. The van der Waals surface area contributed by atoms with E-state index in [4.69, 9.17) is 0 Å². The van der Waals surface area contributed by atoms with E-state index in [2.05, 4.69) is 36.5 Å². The molecule has 0 amide bonds. The van der Waals surface area contributed by atoms with Crippen molar-refractivity contribution >= 4 is 0 Å². The Morgan fingerprint density at radius 3 is 2.65 bits per heavy atom. The lowest BCUT2D eigenvalue weighted by atomic mass is 9.73. The summed E-state index contributed by atoms with van der Waals surface area (Å²) in [5, 5.41) is 3.72. The van der Waals surface area contributed by atoms with E-state index < -0.39 is 0 Å². The van der Waals surface area contributed by atoms with Gasteiger partial charge < -0.3 is 5.32 Å². The molecule has 2 fully saturated rings. The number of rotatable bonds is 5. The van der Waals surface area contributed by atoms with E-state index in [1.165, 1.54) is 44.2 Å². The van der Waals surface area contributed by atoms with Crippen molar-refractivity contribution in [3.63, 3.8) is 0 Å². The van der Waals surface area contributed by atoms with E-state index >= 15 is 0 Å². The fraction of sp³-hybridized carbons (Fsp3) is 0.625. The lowest BCUT2D eigenvalue weighted by molar-refractivity contribution is 0.254. The van der Waals surface area contributed by atoms with Gasteiger partial charge in [0, 0.05) is 12.6 Å². The van der Waals surface area contributed by atoms with Crippen molar-refractivity contribution in [1.82, 2.24) is 5.32 Å². The molecule has 17 heavy (non-hydrogen) atoms. The third kappa shape index (κ3) is 2.71. The zero-order valence-electron chi connectivity index (χ0n) is 10.8. The van der Waals surface area contributed by atoms with Gasteiger partial charge in [-0.05, 0) is 50.0 Å². The maximum atomic E-state index is 3.72. The van der Waals surface area contributed by atoms with Crippen molar-refractivity contribution in [3.05, 3.63) is 35.4 Å². The molecule has 0 aliphatic heterocycles. The molecule has 1 atom stereocenters. The van der Waals surface area contributed by atoms with Gasteiger partial charge in [-0.3, -0.25) is 0 Å². The molecular weight excluding hydrogens is 206 g/mol. The number of benzene rings is 1. The van der Waals surface area contributed by atoms with Crippen LogP contribution in [0.2, 0.25) is 0 Å². The first kappa shape index (κ1) is 11.3. The van der Waals surface area contributed by atoms with E-state index in [0.717, 1.165) is 17.9 Å². The molecule has 3 rings (SSSR count). The normalized spacial score (nSPS) is 22.2. The van der Waals surface area contributed by atoms with Gasteiger partial charge in [0.05, 0.1) is 0 Å². The van der Waals surface area contributed by atoms with Gasteiger partial charge in [0.25, 0.3) is 0 Å². The number of aryl methyl sites for hydroxylation is 1. The second-order valence-electron chi connectivity index (χ2n) is 5.89. The van der Waals surface area contributed by atoms with Gasteiger partial charge in [-0.15, -0.1) is 0 Å². The lowest BCUT2D eigenvalue weighted by Gasteiger charge is -2.34. The molecule has 0 saturated heterocycles. The summed E-state index contributed by atoms with van der Waals surface area (Å²) >= 11 is 0. The van der Waals surface area contributed by atoms with Crippen LogP contribution in [0.5, 0.6) is 0 Å². The Morgan fingerprint density at radius 1 is 1.24 bits per heavy atom. The van der Waals surface area contributed by atoms with Crippen LogP contribution in [-0.4, -0.2) is 12.6 Å². The standard InChI is InChI=1S/C16H23N/c1-12-4-2-7-14(10-12)16(13-5-3-6-13)11-17-15-8-9-15/h2,4,7,10,13,15-17H,3,5-6,8-9,11H2,1H3. The van der Waals surface area contributed by atoms with Crippen LogP contribution < -0.4 is 5.32 Å². The first-order valence-corrected chi connectivity index (χ1v) is 7.13. The Balaban J connectivity index is 1.71. The highest BCUT2D eigenvalue weighted by Crippen LogP contribution is 2.39. The molecule has 0 spiro atoms. The Labute approximate surface area is 105 Å². The van der Waals surface area contributed by atoms with Crippen molar-refractivity contribution in [2.24, 2.45) is 5.92 Å². The quantitative estimate of drug-likeness (QED) is 0.813. The van der Waals surface area contributed by atoms with Crippen LogP contribution in [0.15, 0.2) is 24.3 Å². The SMILES string of the molecule is Cc1cccc(C(CNC2CC2)C2CCC2)c1. The fourth-order valence-corrected chi connectivity index (χ4v) is 2.88. The molecule has 1 aromatic rings. The Kier molecular flexibility index (Phi) is 3.19. The van der Waals surface area contributed by atoms with E-state index in [1.54, 1.807) is 5.56 Å². The lowest BCUT2D eigenvalue weighted by Crippen LogP contribution is -2.31. The summed E-state index contributed by atoms with van der Waals surface area (Å²) in [5.74, 6) is 1.69. The fourth-order valence-electron chi connectivity index (χ4n) is 2.88. The zero-order chi connectivity index (χ0) is 11.7. The van der Waals surface area contributed by atoms with Crippen molar-refractivity contribution in [2.45, 2.75) is 51.0 Å². The molecule has 1 aromatic carbocycles. The van der Waals surface area contributed by atoms with Gasteiger partial charge in [0.15, 0.2) is 0 Å². The number of hydrogen-bond acceptors (Lipinski definition) is 1. The van der Waals surface area contributed by atoms with Crippen LogP contribution >= 0.6 is 0 Å². The molecule has 0 heterocycles. The highest BCUT2D eigenvalue weighted by atomic mass is 14.9. The summed E-state index contributed by atoms with van der Waals surface area (Å²) in [6, 6.07) is 9.97. The Hall–Kier alpha value is -0.820. The van der Waals surface area contributed by atoms with Crippen LogP contribution in [-0.2, 0) is 0 Å². The summed E-state index contributed by atoms with van der Waals surface area (Å²) in [4.78, 5) is 0. The number of hydrogen-bond donors (Lipinski definition) is 1. The summed E-state index contributed by atoms with van der Waals surface area (Å²) in [5.41, 5.74) is 2.96. The summed E-state index contributed by atoms with van der Waals surface area (Å²) in [6.07, 6.45) is 7.10. The summed E-state index contributed by atoms with van der Waals surface area (Å²) in [6.45, 7) is 3.40. The molecule has 1 unspecified atom stereocenters. The third-order valence-electron chi connectivity index (χ3n) is 4.39. The summed E-state index contributed by atoms with van der Waals surface area (Å²) in [7, 11) is 0. The van der Waals surface area contributed by atoms with Crippen LogP contribution in [0.3, 0.4) is 0 Å². The smallest absolute Gasteiger partial charge is 0.00684 e. The van der Waals surface area contributed by atoms with Crippen molar-refractivity contribution < 1.29 is 0 Å². The molecule has 1 nitrogen and oxygen atoms in total. The predicted molar refractivity (Wildman–Crippen MR) is 72.3 cm³/mol. The van der Waals surface area contributed by atoms with E-state index in [1.807, 2.05) is 0 Å². The van der Waals surface area contributed by atoms with Crippen molar-refractivity contribution in [1.29, 1.82) is 0 Å². The topological polar surface area (TPSA) is 12.0 Å². The molecular formula is C16H23N. The molecule has 0 bridgehead atoms. The zero-order valence-corrected chi connectivity index (χ0v) is 10.8. The van der Waals surface area contributed by atoms with Crippen LogP contribution in [0.1, 0.15) is 49.1 Å². The minimum atomic E-state index is 0.754. The Bertz CT molecular complexity index is 377. The molecule has 0 aromatic heterocycles. The maximum absolute atomic E-state index is 3.72. The van der Waals surface area contributed by atoms with Crippen molar-refractivity contribution in [3.8, 4) is 0 Å². The summed E-state index contributed by atoms with van der Waals surface area (Å²) < 4.78 is 0. The first-order valence-electron chi connectivity index (χ1n) is 7.13. The van der Waals surface area contributed by atoms with Gasteiger partial charge >= 0.3 is 0 Å². The molecule has 2 aliphatic rings. The van der Waals surface area contributed by atoms with Gasteiger partial charge in [0.2, 0.25) is 0 Å². The van der Waals surface area contributed by atoms with Crippen LogP contribution in [0.4, 0.5) is 0 Å². The van der Waals surface area contributed by atoms with E-state index in [-0.39, 0.29) is 0 Å². The van der Waals surface area contributed by atoms with Crippen LogP contribution in [0.25, 0.3) is 0 Å². The average Bonchev–Trinajstić information content (AvgIpc) is 3.05. The second-order valence-corrected chi connectivity index (χ2v) is 5.89. The second kappa shape index (κ2) is 4.81. The van der Waals surface area contributed by atoms with Gasteiger partial charge in [-0.1, -0.05) is 36.2 Å². The van der Waals surface area contributed by atoms with Gasteiger partial charge in [-0.2, -0.15) is 0 Å². The molecule has 2 saturated carbocycles. The minimum Gasteiger partial charge on any atom is -0.313 e. The van der Waals surface area contributed by atoms with Crippen LogP contribution in [0, 0.1) is 12.8 Å². The highest BCUT2D eigenvalue weighted by Gasteiger charge is 2.30. The minimum absolute atomic E-state index is 0.754. The maximum Gasteiger partial charge on any atom is 0.00684 e. The van der Waals surface area contributed by atoms with E-state index in [0.29, 0.717) is 0 Å². The molecule has 92 valence electrons. The highest BCUT2D eigenvalue weighted by molar-refractivity contribution is 5.27. The molecule has 2 aliphatic carbocycles.